The summed E-state index contributed by atoms with van der Waals surface area (Å²) in [6.45, 7) is 9.80. The van der Waals surface area contributed by atoms with Crippen LogP contribution in [0.3, 0.4) is 0 Å². The fourth-order valence-electron chi connectivity index (χ4n) is 3.20. The van der Waals surface area contributed by atoms with Gasteiger partial charge in [0.2, 0.25) is 0 Å². The van der Waals surface area contributed by atoms with E-state index in [1.54, 1.807) is 0 Å². The van der Waals surface area contributed by atoms with Crippen molar-refractivity contribution in [1.29, 1.82) is 0 Å². The Morgan fingerprint density at radius 3 is 2.63 bits per heavy atom. The van der Waals surface area contributed by atoms with Gasteiger partial charge in [-0.05, 0) is 55.7 Å². The third kappa shape index (κ3) is 2.92. The molecular weight excluding hydrogens is 234 g/mol. The normalized spacial score (nSPS) is 18.0. The minimum absolute atomic E-state index is 0.504. The molecule has 3 nitrogen and oxygen atoms in total. The summed E-state index contributed by atoms with van der Waals surface area (Å²) < 4.78 is 0. The minimum atomic E-state index is 0.504. The van der Waals surface area contributed by atoms with Gasteiger partial charge in [0.05, 0.1) is 0 Å². The molecule has 0 amide bonds. The van der Waals surface area contributed by atoms with Crippen molar-refractivity contribution in [3.05, 3.63) is 23.4 Å². The molecule has 0 saturated carbocycles. The number of nitrogens with zero attached hydrogens (tertiary/aromatic N) is 2. The summed E-state index contributed by atoms with van der Waals surface area (Å²) in [5.74, 6) is 1.17. The largest absolute Gasteiger partial charge is 0.356 e. The second-order valence-corrected chi connectivity index (χ2v) is 5.90. The number of rotatable bonds is 5. The van der Waals surface area contributed by atoms with E-state index in [0.29, 0.717) is 12.0 Å². The van der Waals surface area contributed by atoms with Crippen LogP contribution in [-0.4, -0.2) is 24.6 Å². The lowest BCUT2D eigenvalue weighted by Crippen LogP contribution is -2.27. The van der Waals surface area contributed by atoms with Gasteiger partial charge in [0, 0.05) is 19.3 Å². The van der Waals surface area contributed by atoms with Gasteiger partial charge in [0.15, 0.2) is 0 Å². The molecule has 0 bridgehead atoms. The number of hydrogen-bond acceptors (Lipinski definition) is 3. The van der Waals surface area contributed by atoms with E-state index < -0.39 is 0 Å². The molecule has 1 aromatic heterocycles. The Kier molecular flexibility index (Phi) is 4.46. The summed E-state index contributed by atoms with van der Waals surface area (Å²) >= 11 is 0. The van der Waals surface area contributed by atoms with E-state index in [4.69, 9.17) is 5.73 Å². The van der Waals surface area contributed by atoms with Crippen molar-refractivity contribution in [3.63, 3.8) is 0 Å². The fourth-order valence-corrected chi connectivity index (χ4v) is 3.20. The SMILES string of the molecule is CCC1(CC)CCN(c2ncc(CCN)cc2C)C1. The van der Waals surface area contributed by atoms with Gasteiger partial charge in [0.1, 0.15) is 5.82 Å². The average molecular weight is 261 g/mol. The maximum Gasteiger partial charge on any atom is 0.131 e. The molecule has 2 N–H and O–H groups in total. The zero-order valence-corrected chi connectivity index (χ0v) is 12.6. The first-order valence-electron chi connectivity index (χ1n) is 7.54. The number of aromatic nitrogens is 1. The maximum absolute atomic E-state index is 5.60. The van der Waals surface area contributed by atoms with Crippen LogP contribution in [0.2, 0.25) is 0 Å². The quantitative estimate of drug-likeness (QED) is 0.886. The van der Waals surface area contributed by atoms with E-state index >= 15 is 0 Å². The van der Waals surface area contributed by atoms with Gasteiger partial charge in [-0.1, -0.05) is 19.9 Å². The number of hydrogen-bond donors (Lipinski definition) is 1. The number of nitrogens with two attached hydrogens (primary N) is 1. The van der Waals surface area contributed by atoms with E-state index in [9.17, 15) is 0 Å². The van der Waals surface area contributed by atoms with Crippen LogP contribution >= 0.6 is 0 Å². The first kappa shape index (κ1) is 14.3. The maximum atomic E-state index is 5.60. The van der Waals surface area contributed by atoms with Crippen LogP contribution in [0.4, 0.5) is 5.82 Å². The number of aryl methyl sites for hydroxylation is 1. The van der Waals surface area contributed by atoms with Crippen LogP contribution in [0.15, 0.2) is 12.3 Å². The minimum Gasteiger partial charge on any atom is -0.356 e. The van der Waals surface area contributed by atoms with Gasteiger partial charge in [-0.15, -0.1) is 0 Å². The van der Waals surface area contributed by atoms with Crippen molar-refractivity contribution >= 4 is 5.82 Å². The van der Waals surface area contributed by atoms with Crippen LogP contribution in [0.25, 0.3) is 0 Å². The smallest absolute Gasteiger partial charge is 0.131 e. The van der Waals surface area contributed by atoms with Gasteiger partial charge in [0.25, 0.3) is 0 Å². The summed E-state index contributed by atoms with van der Waals surface area (Å²) in [6, 6.07) is 2.24. The van der Waals surface area contributed by atoms with E-state index in [0.717, 1.165) is 19.5 Å². The van der Waals surface area contributed by atoms with Crippen LogP contribution in [0.1, 0.15) is 44.2 Å². The van der Waals surface area contributed by atoms with Crippen LogP contribution in [0, 0.1) is 12.3 Å². The molecule has 3 heteroatoms. The lowest BCUT2D eigenvalue weighted by molar-refractivity contribution is 0.301. The molecule has 1 saturated heterocycles. The lowest BCUT2D eigenvalue weighted by Gasteiger charge is -2.27. The summed E-state index contributed by atoms with van der Waals surface area (Å²) in [4.78, 5) is 7.15. The van der Waals surface area contributed by atoms with Gasteiger partial charge in [-0.3, -0.25) is 0 Å². The number of pyridine rings is 1. The first-order valence-corrected chi connectivity index (χ1v) is 7.54. The molecule has 1 aliphatic heterocycles. The molecule has 0 unspecified atom stereocenters. The van der Waals surface area contributed by atoms with Gasteiger partial charge >= 0.3 is 0 Å². The van der Waals surface area contributed by atoms with Crippen molar-refractivity contribution in [2.75, 3.05) is 24.5 Å². The second-order valence-electron chi connectivity index (χ2n) is 5.90. The molecule has 0 spiro atoms. The molecule has 2 rings (SSSR count). The zero-order chi connectivity index (χ0) is 13.9. The highest BCUT2D eigenvalue weighted by Crippen LogP contribution is 2.39. The molecule has 1 aromatic rings. The molecule has 0 aromatic carbocycles. The number of anilines is 1. The molecule has 19 heavy (non-hydrogen) atoms. The molecule has 2 heterocycles. The summed E-state index contributed by atoms with van der Waals surface area (Å²) in [7, 11) is 0. The Hall–Kier alpha value is -1.09. The Balaban J connectivity index is 2.15. The van der Waals surface area contributed by atoms with Crippen LogP contribution in [0.5, 0.6) is 0 Å². The summed E-state index contributed by atoms with van der Waals surface area (Å²) in [6.07, 6.45) is 6.75. The van der Waals surface area contributed by atoms with E-state index in [-0.39, 0.29) is 0 Å². The van der Waals surface area contributed by atoms with E-state index in [2.05, 4.69) is 36.7 Å². The van der Waals surface area contributed by atoms with Gasteiger partial charge < -0.3 is 10.6 Å². The Labute approximate surface area is 117 Å². The van der Waals surface area contributed by atoms with Gasteiger partial charge in [-0.25, -0.2) is 4.98 Å². The molecule has 1 fully saturated rings. The summed E-state index contributed by atoms with van der Waals surface area (Å²) in [5.41, 5.74) is 8.64. The van der Waals surface area contributed by atoms with Crippen molar-refractivity contribution in [2.45, 2.75) is 46.5 Å². The highest BCUT2D eigenvalue weighted by atomic mass is 15.2. The topological polar surface area (TPSA) is 42.2 Å². The molecule has 0 aliphatic carbocycles. The van der Waals surface area contributed by atoms with Crippen molar-refractivity contribution in [3.8, 4) is 0 Å². The highest BCUT2D eigenvalue weighted by Gasteiger charge is 2.35. The van der Waals surface area contributed by atoms with Gasteiger partial charge in [-0.2, -0.15) is 0 Å². The van der Waals surface area contributed by atoms with Crippen molar-refractivity contribution < 1.29 is 0 Å². The standard InChI is InChI=1S/C16H27N3/c1-4-16(5-2)7-9-19(12-16)15-13(3)10-14(6-8-17)11-18-15/h10-11H,4-9,12,17H2,1-3H3. The zero-order valence-electron chi connectivity index (χ0n) is 12.6. The van der Waals surface area contributed by atoms with Crippen LogP contribution < -0.4 is 10.6 Å². The van der Waals surface area contributed by atoms with E-state index in [1.165, 1.54) is 36.2 Å². The second kappa shape index (κ2) is 5.91. The highest BCUT2D eigenvalue weighted by molar-refractivity contribution is 5.48. The third-order valence-corrected chi connectivity index (χ3v) is 4.78. The Morgan fingerprint density at radius 2 is 2.11 bits per heavy atom. The van der Waals surface area contributed by atoms with Crippen molar-refractivity contribution in [2.24, 2.45) is 11.1 Å². The Morgan fingerprint density at radius 1 is 1.37 bits per heavy atom. The van der Waals surface area contributed by atoms with Crippen LogP contribution in [-0.2, 0) is 6.42 Å². The average Bonchev–Trinajstić information content (AvgIpc) is 2.84. The molecule has 106 valence electrons. The monoisotopic (exact) mass is 261 g/mol. The lowest BCUT2D eigenvalue weighted by atomic mass is 9.82. The predicted octanol–water partition coefficient (Wildman–Crippen LogP) is 2.91. The molecule has 0 radical (unpaired) electrons. The third-order valence-electron chi connectivity index (χ3n) is 4.78. The molecular formula is C16H27N3. The van der Waals surface area contributed by atoms with Crippen molar-refractivity contribution in [1.82, 2.24) is 4.98 Å². The Bertz CT molecular complexity index is 424. The first-order chi connectivity index (χ1) is 9.14. The van der Waals surface area contributed by atoms with E-state index in [1.807, 2.05) is 6.20 Å². The molecule has 1 aliphatic rings. The summed E-state index contributed by atoms with van der Waals surface area (Å²) in [5, 5.41) is 0. The molecule has 0 atom stereocenters. The predicted molar refractivity (Wildman–Crippen MR) is 81.6 cm³/mol. The fraction of sp³-hybridized carbons (Fsp3) is 0.688.